The van der Waals surface area contributed by atoms with E-state index < -0.39 is 0 Å². The normalized spacial score (nSPS) is 24.8. The largest absolute Gasteiger partial charge is 0.346 e. The SMILES string of the molecule is CN1CCN([C@H]2CC[C@@H](c3cnc4[nH]cc(-c5cnn(C)c5)c4c3)CC2)CC1. The van der Waals surface area contributed by atoms with Crippen molar-refractivity contribution in [1.29, 1.82) is 0 Å². The zero-order valence-corrected chi connectivity index (χ0v) is 16.9. The molecule has 3 aromatic rings. The van der Waals surface area contributed by atoms with Crippen molar-refractivity contribution < 1.29 is 0 Å². The topological polar surface area (TPSA) is 53.0 Å². The molecule has 148 valence electrons. The summed E-state index contributed by atoms with van der Waals surface area (Å²) in [6.45, 7) is 4.89. The second-order valence-electron chi connectivity index (χ2n) is 8.61. The summed E-state index contributed by atoms with van der Waals surface area (Å²) in [7, 11) is 4.19. The number of aromatic amines is 1. The Balaban J connectivity index is 1.32. The predicted molar refractivity (Wildman–Crippen MR) is 112 cm³/mol. The average molecular weight is 379 g/mol. The molecule has 5 rings (SSSR count). The second-order valence-corrected chi connectivity index (χ2v) is 8.61. The highest BCUT2D eigenvalue weighted by molar-refractivity contribution is 5.93. The van der Waals surface area contributed by atoms with Gasteiger partial charge in [-0.25, -0.2) is 4.98 Å². The molecule has 0 bridgehead atoms. The fraction of sp³-hybridized carbons (Fsp3) is 0.545. The summed E-state index contributed by atoms with van der Waals surface area (Å²) in [5, 5.41) is 5.54. The molecule has 0 radical (unpaired) electrons. The van der Waals surface area contributed by atoms with Gasteiger partial charge in [-0.1, -0.05) is 0 Å². The van der Waals surface area contributed by atoms with Gasteiger partial charge >= 0.3 is 0 Å². The smallest absolute Gasteiger partial charge is 0.137 e. The van der Waals surface area contributed by atoms with Crippen molar-refractivity contribution in [2.75, 3.05) is 33.2 Å². The van der Waals surface area contributed by atoms with Crippen LogP contribution in [0.3, 0.4) is 0 Å². The highest BCUT2D eigenvalue weighted by Gasteiger charge is 2.28. The number of pyridine rings is 1. The summed E-state index contributed by atoms with van der Waals surface area (Å²) < 4.78 is 1.85. The molecular formula is C22H30N6. The lowest BCUT2D eigenvalue weighted by Gasteiger charge is -2.41. The fourth-order valence-corrected chi connectivity index (χ4v) is 5.00. The zero-order chi connectivity index (χ0) is 19.1. The van der Waals surface area contributed by atoms with Crippen LogP contribution in [0, 0.1) is 0 Å². The Kier molecular flexibility index (Phi) is 4.69. The molecule has 0 unspecified atom stereocenters. The quantitative estimate of drug-likeness (QED) is 0.760. The number of rotatable bonds is 3. The molecule has 1 aliphatic heterocycles. The van der Waals surface area contributed by atoms with Crippen LogP contribution in [0.4, 0.5) is 0 Å². The van der Waals surface area contributed by atoms with Crippen LogP contribution in [-0.2, 0) is 7.05 Å². The number of hydrogen-bond acceptors (Lipinski definition) is 4. The minimum Gasteiger partial charge on any atom is -0.346 e. The minimum atomic E-state index is 0.636. The van der Waals surface area contributed by atoms with Gasteiger partial charge in [0.15, 0.2) is 0 Å². The van der Waals surface area contributed by atoms with Crippen molar-refractivity contribution in [3.8, 4) is 11.1 Å². The summed E-state index contributed by atoms with van der Waals surface area (Å²) in [6.07, 6.45) is 13.3. The molecule has 0 aromatic carbocycles. The van der Waals surface area contributed by atoms with E-state index in [0.717, 1.165) is 17.3 Å². The first-order valence-electron chi connectivity index (χ1n) is 10.6. The summed E-state index contributed by atoms with van der Waals surface area (Å²) in [4.78, 5) is 13.2. The Morgan fingerprint density at radius 1 is 1.00 bits per heavy atom. The highest BCUT2D eigenvalue weighted by atomic mass is 15.3. The lowest BCUT2D eigenvalue weighted by molar-refractivity contribution is 0.0878. The Hall–Kier alpha value is -2.18. The predicted octanol–water partition coefficient (Wildman–Crippen LogP) is 3.24. The Labute approximate surface area is 166 Å². The van der Waals surface area contributed by atoms with Crippen molar-refractivity contribution >= 4 is 11.0 Å². The molecular weight excluding hydrogens is 348 g/mol. The van der Waals surface area contributed by atoms with Gasteiger partial charge < -0.3 is 9.88 Å². The molecule has 6 heteroatoms. The lowest BCUT2D eigenvalue weighted by Crippen LogP contribution is -2.49. The monoisotopic (exact) mass is 378 g/mol. The van der Waals surface area contributed by atoms with Crippen LogP contribution < -0.4 is 0 Å². The van der Waals surface area contributed by atoms with Gasteiger partial charge in [0, 0.05) is 74.4 Å². The molecule has 3 aromatic heterocycles. The molecule has 2 aliphatic rings. The van der Waals surface area contributed by atoms with E-state index >= 15 is 0 Å². The van der Waals surface area contributed by atoms with Gasteiger partial charge in [-0.15, -0.1) is 0 Å². The fourth-order valence-electron chi connectivity index (χ4n) is 5.00. The maximum Gasteiger partial charge on any atom is 0.137 e. The van der Waals surface area contributed by atoms with Gasteiger partial charge in [0.25, 0.3) is 0 Å². The number of aromatic nitrogens is 4. The second kappa shape index (κ2) is 7.33. The number of aryl methyl sites for hydroxylation is 1. The number of likely N-dealkylation sites (N-methyl/N-ethyl adjacent to an activating group) is 1. The summed E-state index contributed by atoms with van der Waals surface area (Å²) in [6, 6.07) is 3.14. The van der Waals surface area contributed by atoms with Gasteiger partial charge in [0.2, 0.25) is 0 Å². The van der Waals surface area contributed by atoms with Crippen molar-refractivity contribution in [2.24, 2.45) is 7.05 Å². The molecule has 1 N–H and O–H groups in total. The van der Waals surface area contributed by atoms with E-state index in [9.17, 15) is 0 Å². The Morgan fingerprint density at radius 3 is 2.50 bits per heavy atom. The third-order valence-corrected chi connectivity index (χ3v) is 6.79. The summed E-state index contributed by atoms with van der Waals surface area (Å²) in [5.41, 5.74) is 4.71. The van der Waals surface area contributed by atoms with Crippen LogP contribution in [0.15, 0.2) is 30.9 Å². The van der Waals surface area contributed by atoms with Crippen LogP contribution in [0.2, 0.25) is 0 Å². The standard InChI is InChI=1S/C22H30N6/c1-26-7-9-28(10-8-26)19-5-3-16(4-6-19)17-11-20-21(14-24-22(20)23-12-17)18-13-25-27(2)15-18/h11-16,19H,3-10H2,1-2H3,(H,23,24)/t16-,19+. The van der Waals surface area contributed by atoms with Crippen molar-refractivity contribution in [3.63, 3.8) is 0 Å². The van der Waals surface area contributed by atoms with Gasteiger partial charge in [0.1, 0.15) is 5.65 Å². The number of nitrogens with zero attached hydrogens (tertiary/aromatic N) is 5. The Bertz CT molecular complexity index is 941. The van der Waals surface area contributed by atoms with Crippen LogP contribution >= 0.6 is 0 Å². The number of piperazine rings is 1. The number of hydrogen-bond donors (Lipinski definition) is 1. The summed E-state index contributed by atoms with van der Waals surface area (Å²) in [5.74, 6) is 0.636. The third-order valence-electron chi connectivity index (χ3n) is 6.79. The maximum atomic E-state index is 4.73. The van der Waals surface area contributed by atoms with Crippen molar-refractivity contribution in [3.05, 3.63) is 36.4 Å². The van der Waals surface area contributed by atoms with Gasteiger partial charge in [-0.05, 0) is 50.3 Å². The first-order valence-corrected chi connectivity index (χ1v) is 10.6. The Morgan fingerprint density at radius 2 is 1.79 bits per heavy atom. The van der Waals surface area contributed by atoms with E-state index in [1.807, 2.05) is 17.9 Å². The molecule has 28 heavy (non-hydrogen) atoms. The maximum absolute atomic E-state index is 4.73. The van der Waals surface area contributed by atoms with Crippen molar-refractivity contribution in [1.82, 2.24) is 29.5 Å². The molecule has 0 amide bonds. The molecule has 1 saturated carbocycles. The van der Waals surface area contributed by atoms with E-state index in [2.05, 4.69) is 51.6 Å². The number of H-pyrrole nitrogens is 1. The summed E-state index contributed by atoms with van der Waals surface area (Å²) >= 11 is 0. The first-order chi connectivity index (χ1) is 13.7. The van der Waals surface area contributed by atoms with Crippen LogP contribution in [0.1, 0.15) is 37.2 Å². The van der Waals surface area contributed by atoms with Gasteiger partial charge in [0.05, 0.1) is 6.20 Å². The lowest BCUT2D eigenvalue weighted by atomic mass is 9.81. The van der Waals surface area contributed by atoms with Crippen molar-refractivity contribution in [2.45, 2.75) is 37.6 Å². The van der Waals surface area contributed by atoms with E-state index in [1.165, 1.54) is 68.4 Å². The van der Waals surface area contributed by atoms with E-state index in [4.69, 9.17) is 4.98 Å². The molecule has 4 heterocycles. The molecule has 0 spiro atoms. The van der Waals surface area contributed by atoms with E-state index in [0.29, 0.717) is 5.92 Å². The molecule has 1 saturated heterocycles. The zero-order valence-electron chi connectivity index (χ0n) is 16.9. The molecule has 2 fully saturated rings. The van der Waals surface area contributed by atoms with Gasteiger partial charge in [-0.2, -0.15) is 5.10 Å². The van der Waals surface area contributed by atoms with E-state index in [1.54, 1.807) is 0 Å². The van der Waals surface area contributed by atoms with Crippen LogP contribution in [-0.4, -0.2) is 68.8 Å². The average Bonchev–Trinajstić information content (AvgIpc) is 3.34. The third kappa shape index (κ3) is 3.35. The van der Waals surface area contributed by atoms with Crippen LogP contribution in [0.25, 0.3) is 22.2 Å². The minimum absolute atomic E-state index is 0.636. The molecule has 0 atom stereocenters. The first kappa shape index (κ1) is 17.9. The molecule has 1 aliphatic carbocycles. The van der Waals surface area contributed by atoms with Gasteiger partial charge in [-0.3, -0.25) is 9.58 Å². The number of fused-ring (bicyclic) bond motifs is 1. The number of nitrogens with one attached hydrogen (secondary N) is 1. The van der Waals surface area contributed by atoms with Crippen LogP contribution in [0.5, 0.6) is 0 Å². The molecule has 6 nitrogen and oxygen atoms in total. The van der Waals surface area contributed by atoms with E-state index in [-0.39, 0.29) is 0 Å². The highest BCUT2D eigenvalue weighted by Crippen LogP contribution is 2.37.